The maximum Gasteiger partial charge on any atom is 0.255 e. The van der Waals surface area contributed by atoms with E-state index in [0.717, 1.165) is 52.1 Å². The Morgan fingerprint density at radius 3 is 2.38 bits per heavy atom. The molecule has 6 nitrogen and oxygen atoms in total. The van der Waals surface area contributed by atoms with Gasteiger partial charge in [0.05, 0.1) is 5.56 Å². The fourth-order valence-electron chi connectivity index (χ4n) is 3.84. The van der Waals surface area contributed by atoms with Gasteiger partial charge in [0, 0.05) is 57.6 Å². The lowest BCUT2D eigenvalue weighted by Crippen LogP contribution is -2.52. The van der Waals surface area contributed by atoms with Crippen LogP contribution < -0.4 is 5.56 Å². The zero-order chi connectivity index (χ0) is 17.1. The summed E-state index contributed by atoms with van der Waals surface area (Å²) in [6.45, 7) is 8.54. The van der Waals surface area contributed by atoms with E-state index in [9.17, 15) is 9.59 Å². The second-order valence-corrected chi connectivity index (χ2v) is 7.15. The highest BCUT2D eigenvalue weighted by Crippen LogP contribution is 2.25. The number of nitrogens with zero attached hydrogens (tertiary/aromatic N) is 3. The van der Waals surface area contributed by atoms with Gasteiger partial charge in [-0.25, -0.2) is 0 Å². The van der Waals surface area contributed by atoms with Crippen molar-refractivity contribution in [3.8, 4) is 0 Å². The molecule has 2 aliphatic heterocycles. The van der Waals surface area contributed by atoms with Gasteiger partial charge in [-0.1, -0.05) is 0 Å². The van der Waals surface area contributed by atoms with E-state index in [1.807, 2.05) is 4.90 Å². The number of carbonyl (C=O) groups is 1. The van der Waals surface area contributed by atoms with Gasteiger partial charge in [-0.05, 0) is 38.8 Å². The first-order chi connectivity index (χ1) is 11.5. The molecule has 2 saturated heterocycles. The minimum atomic E-state index is -0.175. The highest BCUT2D eigenvalue weighted by Gasteiger charge is 2.30. The normalized spacial score (nSPS) is 22.5. The molecule has 0 bridgehead atoms. The Kier molecular flexibility index (Phi) is 5.36. The Balaban J connectivity index is 1.52. The smallest absolute Gasteiger partial charge is 0.255 e. The number of rotatable bonds is 3. The van der Waals surface area contributed by atoms with Gasteiger partial charge in [-0.3, -0.25) is 14.5 Å². The quantitative estimate of drug-likeness (QED) is 0.892. The molecule has 0 aliphatic carbocycles. The number of pyridine rings is 1. The van der Waals surface area contributed by atoms with Crippen molar-refractivity contribution in [1.82, 2.24) is 19.7 Å². The number of likely N-dealkylation sites (N-methyl/N-ethyl adjacent to an activating group) is 1. The summed E-state index contributed by atoms with van der Waals surface area (Å²) in [4.78, 5) is 33.1. The highest BCUT2D eigenvalue weighted by atomic mass is 16.2. The predicted molar refractivity (Wildman–Crippen MR) is 94.2 cm³/mol. The SMILES string of the molecule is C[C@@H](C1CCN(C(=O)c2ccc(=O)[nH]c2)CC1)N1CCN(C)CC1. The number of piperazine rings is 1. The zero-order valence-corrected chi connectivity index (χ0v) is 14.7. The standard InChI is InChI=1S/C18H28N4O2/c1-14(21-11-9-20(2)10-12-21)15-5-7-22(8-6-15)18(24)16-3-4-17(23)19-13-16/h3-4,13-15H,5-12H2,1-2H3,(H,19,23)/t14-/m0/s1. The monoisotopic (exact) mass is 332 g/mol. The average Bonchev–Trinajstić information content (AvgIpc) is 2.62. The minimum absolute atomic E-state index is 0.0250. The lowest BCUT2D eigenvalue weighted by molar-refractivity contribution is 0.0500. The van der Waals surface area contributed by atoms with Crippen molar-refractivity contribution in [1.29, 1.82) is 0 Å². The van der Waals surface area contributed by atoms with Crippen molar-refractivity contribution >= 4 is 5.91 Å². The van der Waals surface area contributed by atoms with Crippen molar-refractivity contribution < 1.29 is 4.79 Å². The summed E-state index contributed by atoms with van der Waals surface area (Å²) in [5, 5.41) is 0. The summed E-state index contributed by atoms with van der Waals surface area (Å²) in [7, 11) is 2.18. The van der Waals surface area contributed by atoms with Gasteiger partial charge in [-0.2, -0.15) is 0 Å². The van der Waals surface area contributed by atoms with Gasteiger partial charge >= 0.3 is 0 Å². The summed E-state index contributed by atoms with van der Waals surface area (Å²) in [6, 6.07) is 3.61. The van der Waals surface area contributed by atoms with E-state index in [0.29, 0.717) is 17.5 Å². The summed E-state index contributed by atoms with van der Waals surface area (Å²) in [5.41, 5.74) is 0.395. The van der Waals surface area contributed by atoms with Crippen LogP contribution in [0.4, 0.5) is 0 Å². The number of amides is 1. The number of nitrogens with one attached hydrogen (secondary N) is 1. The first-order valence-corrected chi connectivity index (χ1v) is 8.95. The van der Waals surface area contributed by atoms with E-state index in [4.69, 9.17) is 0 Å². The molecular weight excluding hydrogens is 304 g/mol. The maximum absolute atomic E-state index is 12.5. The molecular formula is C18H28N4O2. The van der Waals surface area contributed by atoms with Gasteiger partial charge < -0.3 is 14.8 Å². The summed E-state index contributed by atoms with van der Waals surface area (Å²) in [5.74, 6) is 0.685. The fraction of sp³-hybridized carbons (Fsp3) is 0.667. The number of H-pyrrole nitrogens is 1. The van der Waals surface area contributed by atoms with Gasteiger partial charge in [0.2, 0.25) is 5.56 Å². The molecule has 132 valence electrons. The van der Waals surface area contributed by atoms with Gasteiger partial charge in [-0.15, -0.1) is 0 Å². The molecule has 1 aromatic heterocycles. The molecule has 1 N–H and O–H groups in total. The van der Waals surface area contributed by atoms with Crippen molar-refractivity contribution in [2.45, 2.75) is 25.8 Å². The molecule has 3 heterocycles. The fourth-order valence-corrected chi connectivity index (χ4v) is 3.84. The van der Waals surface area contributed by atoms with Crippen LogP contribution in [0.5, 0.6) is 0 Å². The third-order valence-electron chi connectivity index (χ3n) is 5.65. The molecule has 0 spiro atoms. The molecule has 0 unspecified atom stereocenters. The van der Waals surface area contributed by atoms with Crippen LogP contribution in [0, 0.1) is 5.92 Å². The Morgan fingerprint density at radius 1 is 1.12 bits per heavy atom. The topological polar surface area (TPSA) is 59.7 Å². The number of carbonyl (C=O) groups excluding carboxylic acids is 1. The molecule has 0 radical (unpaired) electrons. The predicted octanol–water partition coefficient (Wildman–Crippen LogP) is 0.863. The molecule has 3 rings (SSSR count). The Morgan fingerprint density at radius 2 is 1.79 bits per heavy atom. The molecule has 1 amide bonds. The molecule has 1 atom stereocenters. The van der Waals surface area contributed by atoms with Crippen LogP contribution >= 0.6 is 0 Å². The van der Waals surface area contributed by atoms with Crippen molar-refractivity contribution in [2.24, 2.45) is 5.92 Å². The van der Waals surface area contributed by atoms with Crippen LogP contribution in [-0.4, -0.2) is 77.9 Å². The van der Waals surface area contributed by atoms with E-state index in [1.54, 1.807) is 6.07 Å². The number of piperidine rings is 1. The lowest BCUT2D eigenvalue weighted by atomic mass is 9.89. The first kappa shape index (κ1) is 17.2. The molecule has 6 heteroatoms. The molecule has 2 fully saturated rings. The molecule has 0 saturated carbocycles. The second kappa shape index (κ2) is 7.49. The van der Waals surface area contributed by atoms with Crippen LogP contribution in [0.1, 0.15) is 30.1 Å². The second-order valence-electron chi connectivity index (χ2n) is 7.15. The lowest BCUT2D eigenvalue weighted by Gasteiger charge is -2.42. The maximum atomic E-state index is 12.5. The van der Waals surface area contributed by atoms with Crippen LogP contribution in [0.3, 0.4) is 0 Å². The Bertz CT molecular complexity index is 593. The van der Waals surface area contributed by atoms with E-state index in [2.05, 4.69) is 28.8 Å². The summed E-state index contributed by atoms with van der Waals surface area (Å²) in [6.07, 6.45) is 3.63. The minimum Gasteiger partial charge on any atom is -0.339 e. The summed E-state index contributed by atoms with van der Waals surface area (Å²) < 4.78 is 0. The Hall–Kier alpha value is -1.66. The number of aromatic nitrogens is 1. The number of likely N-dealkylation sites (tertiary alicyclic amines) is 1. The molecule has 1 aromatic rings. The zero-order valence-electron chi connectivity index (χ0n) is 14.7. The van der Waals surface area contributed by atoms with Crippen molar-refractivity contribution in [2.75, 3.05) is 46.3 Å². The van der Waals surface area contributed by atoms with Crippen molar-refractivity contribution in [3.05, 3.63) is 34.2 Å². The summed E-state index contributed by atoms with van der Waals surface area (Å²) >= 11 is 0. The molecule has 0 aromatic carbocycles. The van der Waals surface area contributed by atoms with E-state index in [1.165, 1.54) is 12.3 Å². The van der Waals surface area contributed by atoms with Gasteiger partial charge in [0.25, 0.3) is 5.91 Å². The Labute approximate surface area is 143 Å². The van der Waals surface area contributed by atoms with Crippen LogP contribution in [0.25, 0.3) is 0 Å². The number of hydrogen-bond acceptors (Lipinski definition) is 4. The van der Waals surface area contributed by atoms with E-state index >= 15 is 0 Å². The van der Waals surface area contributed by atoms with E-state index < -0.39 is 0 Å². The van der Waals surface area contributed by atoms with Crippen LogP contribution in [-0.2, 0) is 0 Å². The average molecular weight is 332 g/mol. The number of aromatic amines is 1. The third-order valence-corrected chi connectivity index (χ3v) is 5.65. The first-order valence-electron chi connectivity index (χ1n) is 8.95. The van der Waals surface area contributed by atoms with Gasteiger partial charge in [0.1, 0.15) is 0 Å². The van der Waals surface area contributed by atoms with E-state index in [-0.39, 0.29) is 11.5 Å². The largest absolute Gasteiger partial charge is 0.339 e. The highest BCUT2D eigenvalue weighted by molar-refractivity contribution is 5.93. The molecule has 2 aliphatic rings. The van der Waals surface area contributed by atoms with Crippen LogP contribution in [0.15, 0.2) is 23.1 Å². The van der Waals surface area contributed by atoms with Crippen molar-refractivity contribution in [3.63, 3.8) is 0 Å². The van der Waals surface area contributed by atoms with Gasteiger partial charge in [0.15, 0.2) is 0 Å². The third kappa shape index (κ3) is 3.87. The molecule has 24 heavy (non-hydrogen) atoms. The van der Waals surface area contributed by atoms with Crippen LogP contribution in [0.2, 0.25) is 0 Å². The number of hydrogen-bond donors (Lipinski definition) is 1.